The van der Waals surface area contributed by atoms with E-state index in [1.165, 1.54) is 19.1 Å². The highest BCUT2D eigenvalue weighted by molar-refractivity contribution is 5.88. The van der Waals surface area contributed by atoms with Gasteiger partial charge in [-0.3, -0.25) is 9.69 Å². The summed E-state index contributed by atoms with van der Waals surface area (Å²) in [5.74, 6) is 0.167. The second-order valence-electron chi connectivity index (χ2n) is 9.62. The molecule has 1 aliphatic heterocycles. The normalized spacial score (nSPS) is 14.0. The fourth-order valence-corrected chi connectivity index (χ4v) is 4.68. The SMILES string of the molecule is CC(=O)Nc1ccc(-c2ccnc(Nc3cccc(N4CCN(Cc5ccccc5OC(F)(F)F)CC4)c3)n2)cc1. The Bertz CT molecular complexity index is 1490. The quantitative estimate of drug-likeness (QED) is 0.270. The average molecular weight is 563 g/mol. The number of rotatable bonds is 8. The lowest BCUT2D eigenvalue weighted by Crippen LogP contribution is -2.46. The van der Waals surface area contributed by atoms with E-state index >= 15 is 0 Å². The smallest absolute Gasteiger partial charge is 0.405 e. The van der Waals surface area contributed by atoms with E-state index in [-0.39, 0.29) is 11.7 Å². The number of anilines is 4. The van der Waals surface area contributed by atoms with Crippen molar-refractivity contribution in [1.29, 1.82) is 0 Å². The van der Waals surface area contributed by atoms with E-state index in [9.17, 15) is 18.0 Å². The molecular formula is C30H29F3N6O2. The third-order valence-electron chi connectivity index (χ3n) is 6.59. The first kappa shape index (κ1) is 27.9. The maximum atomic E-state index is 12.8. The Labute approximate surface area is 235 Å². The number of halogens is 3. The van der Waals surface area contributed by atoms with Crippen LogP contribution in [0.4, 0.5) is 36.2 Å². The molecule has 0 saturated carbocycles. The number of carbonyl (C=O) groups excluding carboxylic acids is 1. The number of amides is 1. The summed E-state index contributed by atoms with van der Waals surface area (Å²) < 4.78 is 42.6. The summed E-state index contributed by atoms with van der Waals surface area (Å²) in [5, 5.41) is 6.02. The van der Waals surface area contributed by atoms with E-state index in [4.69, 9.17) is 0 Å². The lowest BCUT2D eigenvalue weighted by atomic mass is 10.1. The van der Waals surface area contributed by atoms with Crippen LogP contribution in [0.5, 0.6) is 5.75 Å². The number of alkyl halides is 3. The van der Waals surface area contributed by atoms with Crippen molar-refractivity contribution >= 4 is 28.9 Å². The number of para-hydroxylation sites is 1. The van der Waals surface area contributed by atoms with Crippen molar-refractivity contribution in [3.8, 4) is 17.0 Å². The first-order chi connectivity index (χ1) is 19.7. The van der Waals surface area contributed by atoms with Gasteiger partial charge in [0.05, 0.1) is 5.69 Å². The Morgan fingerprint density at radius 3 is 2.41 bits per heavy atom. The predicted octanol–water partition coefficient (Wildman–Crippen LogP) is 6.07. The van der Waals surface area contributed by atoms with Crippen LogP contribution in [0.3, 0.4) is 0 Å². The van der Waals surface area contributed by atoms with E-state index in [1.807, 2.05) is 54.6 Å². The second kappa shape index (κ2) is 12.3. The first-order valence-corrected chi connectivity index (χ1v) is 13.1. The lowest BCUT2D eigenvalue weighted by Gasteiger charge is -2.36. The van der Waals surface area contributed by atoms with Crippen molar-refractivity contribution in [2.24, 2.45) is 0 Å². The van der Waals surface area contributed by atoms with Crippen LogP contribution in [0.1, 0.15) is 12.5 Å². The molecule has 1 saturated heterocycles. The Kier molecular flexibility index (Phi) is 8.34. The zero-order valence-electron chi connectivity index (χ0n) is 22.4. The Hall–Kier alpha value is -4.64. The summed E-state index contributed by atoms with van der Waals surface area (Å²) in [5.41, 5.74) is 4.72. The standard InChI is InChI=1S/C30H29F3N6O2/c1-21(40)35-24-11-9-22(10-12-24)27-13-14-34-29(37-27)36-25-6-4-7-26(19-25)39-17-15-38(16-18-39)20-23-5-2-3-8-28(23)41-30(31,32)33/h2-14,19H,15-18,20H2,1H3,(H,35,40)(H,34,36,37). The summed E-state index contributed by atoms with van der Waals surface area (Å²) in [6.07, 6.45) is -3.03. The van der Waals surface area contributed by atoms with Gasteiger partial charge in [-0.15, -0.1) is 13.2 Å². The van der Waals surface area contributed by atoms with Gasteiger partial charge in [0.15, 0.2) is 0 Å². The van der Waals surface area contributed by atoms with Crippen LogP contribution in [-0.4, -0.2) is 53.3 Å². The molecule has 5 rings (SSSR count). The average Bonchev–Trinajstić information content (AvgIpc) is 2.94. The summed E-state index contributed by atoms with van der Waals surface area (Å²) in [6, 6.07) is 23.5. The van der Waals surface area contributed by atoms with Gasteiger partial charge in [0, 0.05) is 74.0 Å². The van der Waals surface area contributed by atoms with Gasteiger partial charge in [-0.2, -0.15) is 0 Å². The van der Waals surface area contributed by atoms with Crippen LogP contribution < -0.4 is 20.3 Å². The first-order valence-electron chi connectivity index (χ1n) is 13.1. The maximum absolute atomic E-state index is 12.8. The minimum absolute atomic E-state index is 0.129. The number of aromatic nitrogens is 2. The molecule has 1 aliphatic rings. The van der Waals surface area contributed by atoms with Crippen molar-refractivity contribution in [1.82, 2.24) is 14.9 Å². The maximum Gasteiger partial charge on any atom is 0.573 e. The number of carbonyl (C=O) groups is 1. The summed E-state index contributed by atoms with van der Waals surface area (Å²) in [6.45, 7) is 4.70. The van der Waals surface area contributed by atoms with Crippen LogP contribution in [-0.2, 0) is 11.3 Å². The second-order valence-corrected chi connectivity index (χ2v) is 9.62. The molecule has 2 N–H and O–H groups in total. The van der Waals surface area contributed by atoms with E-state index in [0.717, 1.165) is 35.7 Å². The molecule has 1 amide bonds. The monoisotopic (exact) mass is 562 g/mol. The number of nitrogens with one attached hydrogen (secondary N) is 2. The van der Waals surface area contributed by atoms with Crippen molar-refractivity contribution in [3.63, 3.8) is 0 Å². The molecule has 0 spiro atoms. The molecule has 0 radical (unpaired) electrons. The van der Waals surface area contributed by atoms with Crippen LogP contribution in [0.15, 0.2) is 85.1 Å². The number of benzene rings is 3. The molecule has 1 aromatic heterocycles. The number of piperazine rings is 1. The molecule has 11 heteroatoms. The van der Waals surface area contributed by atoms with Crippen molar-refractivity contribution in [2.75, 3.05) is 41.7 Å². The third kappa shape index (κ3) is 7.73. The fourth-order valence-electron chi connectivity index (χ4n) is 4.68. The fraction of sp³-hybridized carbons (Fsp3) is 0.233. The third-order valence-corrected chi connectivity index (χ3v) is 6.59. The Morgan fingerprint density at radius 1 is 0.927 bits per heavy atom. The van der Waals surface area contributed by atoms with Gasteiger partial charge in [-0.25, -0.2) is 9.97 Å². The van der Waals surface area contributed by atoms with E-state index in [0.29, 0.717) is 36.8 Å². The molecule has 1 fully saturated rings. The number of hydrogen-bond donors (Lipinski definition) is 2. The highest BCUT2D eigenvalue weighted by atomic mass is 19.4. The topological polar surface area (TPSA) is 82.6 Å². The van der Waals surface area contributed by atoms with Gasteiger partial charge in [0.1, 0.15) is 5.75 Å². The van der Waals surface area contributed by atoms with Crippen molar-refractivity contribution in [3.05, 3.63) is 90.6 Å². The van der Waals surface area contributed by atoms with Crippen molar-refractivity contribution in [2.45, 2.75) is 19.8 Å². The largest absolute Gasteiger partial charge is 0.573 e. The molecule has 2 heterocycles. The molecular weight excluding hydrogens is 533 g/mol. The minimum atomic E-state index is -4.72. The molecule has 212 valence electrons. The van der Waals surface area contributed by atoms with Gasteiger partial charge in [0.2, 0.25) is 11.9 Å². The lowest BCUT2D eigenvalue weighted by molar-refractivity contribution is -0.275. The van der Waals surface area contributed by atoms with E-state index < -0.39 is 6.36 Å². The van der Waals surface area contributed by atoms with Gasteiger partial charge >= 0.3 is 6.36 Å². The van der Waals surface area contributed by atoms with Gasteiger partial charge in [-0.05, 0) is 42.5 Å². The van der Waals surface area contributed by atoms with Crippen LogP contribution >= 0.6 is 0 Å². The Morgan fingerprint density at radius 2 is 1.68 bits per heavy atom. The van der Waals surface area contributed by atoms with Crippen LogP contribution in [0, 0.1) is 0 Å². The Balaban J connectivity index is 1.20. The van der Waals surface area contributed by atoms with Crippen molar-refractivity contribution < 1.29 is 22.7 Å². The van der Waals surface area contributed by atoms with Crippen LogP contribution in [0.25, 0.3) is 11.3 Å². The molecule has 4 aromatic rings. The highest BCUT2D eigenvalue weighted by Gasteiger charge is 2.32. The molecule has 41 heavy (non-hydrogen) atoms. The molecule has 0 unspecified atom stereocenters. The van der Waals surface area contributed by atoms with Gasteiger partial charge in [-0.1, -0.05) is 36.4 Å². The summed E-state index contributed by atoms with van der Waals surface area (Å²) in [7, 11) is 0. The zero-order chi connectivity index (χ0) is 28.8. The van der Waals surface area contributed by atoms with Gasteiger partial charge in [0.25, 0.3) is 0 Å². The number of nitrogens with zero attached hydrogens (tertiary/aromatic N) is 4. The van der Waals surface area contributed by atoms with Crippen LogP contribution in [0.2, 0.25) is 0 Å². The molecule has 8 nitrogen and oxygen atoms in total. The zero-order valence-corrected chi connectivity index (χ0v) is 22.4. The molecule has 0 atom stereocenters. The molecule has 0 aliphatic carbocycles. The molecule has 0 bridgehead atoms. The van der Waals surface area contributed by atoms with Gasteiger partial charge < -0.3 is 20.3 Å². The highest BCUT2D eigenvalue weighted by Crippen LogP contribution is 2.29. The predicted molar refractivity (Wildman–Crippen MR) is 152 cm³/mol. The minimum Gasteiger partial charge on any atom is -0.405 e. The van der Waals surface area contributed by atoms with E-state index in [2.05, 4.69) is 35.1 Å². The van der Waals surface area contributed by atoms with E-state index in [1.54, 1.807) is 18.3 Å². The number of ether oxygens (including phenoxy) is 1. The summed E-state index contributed by atoms with van der Waals surface area (Å²) in [4.78, 5) is 24.6. The molecule has 3 aromatic carbocycles. The number of hydrogen-bond acceptors (Lipinski definition) is 7. The summed E-state index contributed by atoms with van der Waals surface area (Å²) >= 11 is 0.